The van der Waals surface area contributed by atoms with E-state index in [1.807, 2.05) is 50.2 Å². The van der Waals surface area contributed by atoms with Gasteiger partial charge < -0.3 is 15.3 Å². The Kier molecular flexibility index (Phi) is 4.44. The molecule has 1 aromatic carbocycles. The molecule has 1 atom stereocenters. The number of pyridine rings is 1. The number of nitrogens with zero attached hydrogens (tertiary/aromatic N) is 3. The number of fused-ring (bicyclic) bond motifs is 1. The van der Waals surface area contributed by atoms with Gasteiger partial charge in [-0.25, -0.2) is 0 Å². The van der Waals surface area contributed by atoms with Gasteiger partial charge in [-0.2, -0.15) is 0 Å². The number of carbonyl (C=O) groups excluding carboxylic acids is 1. The van der Waals surface area contributed by atoms with E-state index in [-0.39, 0.29) is 18.4 Å². The van der Waals surface area contributed by atoms with Gasteiger partial charge in [-0.1, -0.05) is 30.3 Å². The fourth-order valence-electron chi connectivity index (χ4n) is 3.70. The molecule has 0 spiro atoms. The molecule has 0 bridgehead atoms. The second kappa shape index (κ2) is 6.78. The van der Waals surface area contributed by atoms with Crippen molar-refractivity contribution < 1.29 is 9.90 Å². The summed E-state index contributed by atoms with van der Waals surface area (Å²) in [6, 6.07) is 11.8. The first-order valence-corrected chi connectivity index (χ1v) is 9.25. The van der Waals surface area contributed by atoms with Crippen LogP contribution in [0.1, 0.15) is 42.3 Å². The SMILES string of the molecule is C[C@@H](NC(=O)Cc1cc2c(cn1)C(N1CC(C)(O)C1)=NC2)c1ccccc1. The number of hydrogen-bond acceptors (Lipinski definition) is 5. The summed E-state index contributed by atoms with van der Waals surface area (Å²) < 4.78 is 0. The van der Waals surface area contributed by atoms with Crippen molar-refractivity contribution in [3.63, 3.8) is 0 Å². The van der Waals surface area contributed by atoms with Gasteiger partial charge in [0.05, 0.1) is 30.3 Å². The van der Waals surface area contributed by atoms with Crippen LogP contribution in [0, 0.1) is 0 Å². The van der Waals surface area contributed by atoms with Crippen molar-refractivity contribution in [3.05, 3.63) is 65.0 Å². The lowest BCUT2D eigenvalue weighted by Gasteiger charge is -2.45. The molecule has 0 unspecified atom stereocenters. The van der Waals surface area contributed by atoms with Crippen LogP contribution >= 0.6 is 0 Å². The van der Waals surface area contributed by atoms with E-state index in [0.29, 0.717) is 19.6 Å². The van der Waals surface area contributed by atoms with E-state index in [0.717, 1.165) is 28.2 Å². The Labute approximate surface area is 159 Å². The second-order valence-electron chi connectivity index (χ2n) is 7.70. The lowest BCUT2D eigenvalue weighted by molar-refractivity contribution is -0.121. The molecule has 0 saturated carbocycles. The number of amidine groups is 1. The third-order valence-electron chi connectivity index (χ3n) is 5.07. The standard InChI is InChI=1S/C21H24N4O2/c1-14(15-6-4-3-5-7-15)24-19(26)9-17-8-16-10-23-20(18(16)11-22-17)25-12-21(2,27)13-25/h3-8,11,14,27H,9-10,12-13H2,1-2H3,(H,24,26)/t14-/m1/s1. The summed E-state index contributed by atoms with van der Waals surface area (Å²) in [5.41, 5.74) is 3.29. The molecule has 140 valence electrons. The molecule has 1 amide bonds. The van der Waals surface area contributed by atoms with Crippen LogP contribution in [0.4, 0.5) is 0 Å². The minimum absolute atomic E-state index is 0.0396. The van der Waals surface area contributed by atoms with Crippen molar-refractivity contribution >= 4 is 11.7 Å². The highest BCUT2D eigenvalue weighted by atomic mass is 16.3. The average molecular weight is 364 g/mol. The molecular weight excluding hydrogens is 340 g/mol. The van der Waals surface area contributed by atoms with Gasteiger partial charge in [0.1, 0.15) is 5.84 Å². The van der Waals surface area contributed by atoms with Crippen LogP contribution in [-0.4, -0.2) is 45.4 Å². The predicted molar refractivity (Wildman–Crippen MR) is 103 cm³/mol. The number of carbonyl (C=O) groups is 1. The van der Waals surface area contributed by atoms with Gasteiger partial charge in [0.25, 0.3) is 0 Å². The van der Waals surface area contributed by atoms with E-state index in [2.05, 4.69) is 20.2 Å². The maximum Gasteiger partial charge on any atom is 0.226 e. The van der Waals surface area contributed by atoms with Gasteiger partial charge in [-0.15, -0.1) is 0 Å². The van der Waals surface area contributed by atoms with E-state index in [9.17, 15) is 9.90 Å². The summed E-state index contributed by atoms with van der Waals surface area (Å²) in [6.07, 6.45) is 2.05. The van der Waals surface area contributed by atoms with E-state index in [1.54, 1.807) is 6.20 Å². The molecule has 1 saturated heterocycles. The normalized spacial score (nSPS) is 18.3. The van der Waals surface area contributed by atoms with Crippen LogP contribution in [0.25, 0.3) is 0 Å². The molecule has 2 aliphatic rings. The molecule has 2 N–H and O–H groups in total. The zero-order valence-corrected chi connectivity index (χ0v) is 15.6. The van der Waals surface area contributed by atoms with Crippen molar-refractivity contribution in [2.24, 2.45) is 4.99 Å². The maximum atomic E-state index is 12.4. The molecule has 2 aliphatic heterocycles. The first-order chi connectivity index (χ1) is 12.9. The average Bonchev–Trinajstić information content (AvgIpc) is 3.03. The van der Waals surface area contributed by atoms with E-state index < -0.39 is 5.60 Å². The molecule has 3 heterocycles. The Morgan fingerprint density at radius 2 is 2.07 bits per heavy atom. The fourth-order valence-corrected chi connectivity index (χ4v) is 3.70. The van der Waals surface area contributed by atoms with E-state index in [4.69, 9.17) is 0 Å². The van der Waals surface area contributed by atoms with Crippen molar-refractivity contribution in [3.8, 4) is 0 Å². The summed E-state index contributed by atoms with van der Waals surface area (Å²) in [7, 11) is 0. The summed E-state index contributed by atoms with van der Waals surface area (Å²) >= 11 is 0. The number of aliphatic imine (C=N–C) groups is 1. The molecule has 0 radical (unpaired) electrons. The monoisotopic (exact) mass is 364 g/mol. The summed E-state index contributed by atoms with van der Waals surface area (Å²) in [5.74, 6) is 0.856. The number of benzene rings is 1. The van der Waals surface area contributed by atoms with Gasteiger partial charge in [-0.3, -0.25) is 14.8 Å². The molecular formula is C21H24N4O2. The van der Waals surface area contributed by atoms with Gasteiger partial charge >= 0.3 is 0 Å². The van der Waals surface area contributed by atoms with Crippen LogP contribution in [0.3, 0.4) is 0 Å². The second-order valence-corrected chi connectivity index (χ2v) is 7.70. The van der Waals surface area contributed by atoms with Crippen LogP contribution < -0.4 is 5.32 Å². The minimum Gasteiger partial charge on any atom is -0.386 e. The predicted octanol–water partition coefficient (Wildman–Crippen LogP) is 1.83. The van der Waals surface area contributed by atoms with Gasteiger partial charge in [0.2, 0.25) is 5.91 Å². The molecule has 6 heteroatoms. The van der Waals surface area contributed by atoms with Crippen LogP contribution in [-0.2, 0) is 17.8 Å². The quantitative estimate of drug-likeness (QED) is 0.868. The lowest BCUT2D eigenvalue weighted by Crippen LogP contribution is -2.61. The highest BCUT2D eigenvalue weighted by Gasteiger charge is 2.40. The Balaban J connectivity index is 1.38. The number of aromatic nitrogens is 1. The summed E-state index contributed by atoms with van der Waals surface area (Å²) in [6.45, 7) is 5.59. The van der Waals surface area contributed by atoms with Crippen LogP contribution in [0.15, 0.2) is 47.6 Å². The molecule has 6 nitrogen and oxygen atoms in total. The van der Waals surface area contributed by atoms with Crippen LogP contribution in [0.5, 0.6) is 0 Å². The molecule has 4 rings (SSSR count). The number of likely N-dealkylation sites (tertiary alicyclic amines) is 1. The van der Waals surface area contributed by atoms with Gasteiger partial charge in [0, 0.05) is 24.8 Å². The lowest BCUT2D eigenvalue weighted by atomic mass is 9.95. The highest BCUT2D eigenvalue weighted by Crippen LogP contribution is 2.28. The molecule has 1 fully saturated rings. The topological polar surface area (TPSA) is 77.8 Å². The highest BCUT2D eigenvalue weighted by molar-refractivity contribution is 6.02. The number of hydrogen-bond donors (Lipinski definition) is 2. The Bertz CT molecular complexity index is 884. The summed E-state index contributed by atoms with van der Waals surface area (Å²) in [5, 5.41) is 13.0. The zero-order chi connectivity index (χ0) is 19.0. The molecule has 0 aliphatic carbocycles. The fraction of sp³-hybridized carbons (Fsp3) is 0.381. The van der Waals surface area contributed by atoms with E-state index >= 15 is 0 Å². The van der Waals surface area contributed by atoms with Crippen molar-refractivity contribution in [2.75, 3.05) is 13.1 Å². The maximum absolute atomic E-state index is 12.4. The Morgan fingerprint density at radius 3 is 2.78 bits per heavy atom. The zero-order valence-electron chi connectivity index (χ0n) is 15.6. The first-order valence-electron chi connectivity index (χ1n) is 9.25. The number of nitrogens with one attached hydrogen (secondary N) is 1. The smallest absolute Gasteiger partial charge is 0.226 e. The third-order valence-corrected chi connectivity index (χ3v) is 5.07. The van der Waals surface area contributed by atoms with Crippen molar-refractivity contribution in [1.82, 2.24) is 15.2 Å². The largest absolute Gasteiger partial charge is 0.386 e. The molecule has 2 aromatic rings. The number of aliphatic hydroxyl groups is 1. The number of rotatable bonds is 4. The van der Waals surface area contributed by atoms with Crippen molar-refractivity contribution in [1.29, 1.82) is 0 Å². The van der Waals surface area contributed by atoms with Crippen LogP contribution in [0.2, 0.25) is 0 Å². The van der Waals surface area contributed by atoms with Gasteiger partial charge in [0.15, 0.2) is 0 Å². The first kappa shape index (κ1) is 17.7. The minimum atomic E-state index is -0.633. The number of β-amino-alcohol motifs (C(OH)–C–C–N with tert-alkyl or cyclic N) is 1. The summed E-state index contributed by atoms with van der Waals surface area (Å²) in [4.78, 5) is 23.5. The Hall–Kier alpha value is -2.73. The van der Waals surface area contributed by atoms with Crippen molar-refractivity contribution in [2.45, 2.75) is 38.5 Å². The van der Waals surface area contributed by atoms with E-state index in [1.165, 1.54) is 0 Å². The third kappa shape index (κ3) is 3.71. The molecule has 27 heavy (non-hydrogen) atoms. The number of amides is 1. The molecule has 1 aromatic heterocycles. The van der Waals surface area contributed by atoms with Gasteiger partial charge in [-0.05, 0) is 31.0 Å². The Morgan fingerprint density at radius 1 is 1.33 bits per heavy atom.